The monoisotopic (exact) mass is 385 g/mol. The first-order chi connectivity index (χ1) is 12.8. The Morgan fingerprint density at radius 3 is 2.81 bits per heavy atom. The molecule has 4 rings (SSSR count). The number of hydrogen-bond donors (Lipinski definition) is 2. The Morgan fingerprint density at radius 2 is 1.96 bits per heavy atom. The number of fused-ring (bicyclic) bond motifs is 3. The lowest BCUT2D eigenvalue weighted by Gasteiger charge is -2.12. The van der Waals surface area contributed by atoms with Gasteiger partial charge < -0.3 is 19.9 Å². The average molecular weight is 386 g/mol. The number of carbonyl (C=O) groups is 1. The third-order valence-electron chi connectivity index (χ3n) is 4.94. The molecule has 6 heteroatoms. The fourth-order valence-electron chi connectivity index (χ4n) is 3.76. The molecule has 0 spiro atoms. The zero-order valence-corrected chi connectivity index (χ0v) is 16.1. The van der Waals surface area contributed by atoms with E-state index in [1.54, 1.807) is 7.11 Å². The lowest BCUT2D eigenvalue weighted by Crippen LogP contribution is -2.21. The number of anilines is 1. The third kappa shape index (κ3) is 3.94. The van der Waals surface area contributed by atoms with Gasteiger partial charge in [0, 0.05) is 41.3 Å². The van der Waals surface area contributed by atoms with Crippen LogP contribution in [-0.4, -0.2) is 30.7 Å². The second kappa shape index (κ2) is 8.46. The largest absolute Gasteiger partial charge is 0.497 e. The molecule has 1 amide bonds. The van der Waals surface area contributed by atoms with Crippen molar-refractivity contribution in [2.45, 2.75) is 19.4 Å². The molecule has 0 aliphatic carbocycles. The highest BCUT2D eigenvalue weighted by Gasteiger charge is 2.19. The van der Waals surface area contributed by atoms with E-state index in [1.807, 2.05) is 30.3 Å². The van der Waals surface area contributed by atoms with Gasteiger partial charge in [-0.2, -0.15) is 0 Å². The fraction of sp³-hybridized carbons (Fsp3) is 0.286. The molecular weight excluding hydrogens is 362 g/mol. The summed E-state index contributed by atoms with van der Waals surface area (Å²) in [6, 6.07) is 15.8. The Bertz CT molecular complexity index is 952. The number of nitrogens with zero attached hydrogens (tertiary/aromatic N) is 1. The van der Waals surface area contributed by atoms with Gasteiger partial charge in [-0.3, -0.25) is 4.79 Å². The van der Waals surface area contributed by atoms with Crippen LogP contribution in [0.2, 0.25) is 0 Å². The molecule has 5 nitrogen and oxygen atoms in total. The average Bonchev–Trinajstić information content (AvgIpc) is 2.82. The van der Waals surface area contributed by atoms with Crippen LogP contribution in [0.3, 0.4) is 0 Å². The maximum absolute atomic E-state index is 12.7. The molecule has 142 valence electrons. The van der Waals surface area contributed by atoms with Gasteiger partial charge in [-0.05, 0) is 36.7 Å². The SMILES string of the molecule is COc1cccc(NC(=O)Cn2c3c(c4ccccc42)CCNCC3)c1.Cl. The smallest absolute Gasteiger partial charge is 0.244 e. The number of aromatic nitrogens is 1. The molecule has 0 fully saturated rings. The fourth-order valence-corrected chi connectivity index (χ4v) is 3.76. The van der Waals surface area contributed by atoms with Crippen LogP contribution in [0.5, 0.6) is 5.75 Å². The molecule has 3 aromatic rings. The Morgan fingerprint density at radius 1 is 1.15 bits per heavy atom. The van der Waals surface area contributed by atoms with Crippen molar-refractivity contribution in [1.29, 1.82) is 0 Å². The van der Waals surface area contributed by atoms with Crippen molar-refractivity contribution in [3.05, 3.63) is 59.8 Å². The van der Waals surface area contributed by atoms with Crippen molar-refractivity contribution in [2.24, 2.45) is 0 Å². The van der Waals surface area contributed by atoms with Crippen molar-refractivity contribution in [1.82, 2.24) is 9.88 Å². The summed E-state index contributed by atoms with van der Waals surface area (Å²) in [6.07, 6.45) is 1.94. The molecule has 0 saturated carbocycles. The number of benzene rings is 2. The number of halogens is 1. The number of methoxy groups -OCH3 is 1. The van der Waals surface area contributed by atoms with Crippen molar-refractivity contribution in [3.63, 3.8) is 0 Å². The Labute approximate surface area is 165 Å². The van der Waals surface area contributed by atoms with Crippen LogP contribution >= 0.6 is 12.4 Å². The lowest BCUT2D eigenvalue weighted by atomic mass is 10.1. The van der Waals surface area contributed by atoms with Crippen molar-refractivity contribution >= 4 is 34.9 Å². The van der Waals surface area contributed by atoms with Crippen LogP contribution in [-0.2, 0) is 24.2 Å². The van der Waals surface area contributed by atoms with Crippen LogP contribution in [0, 0.1) is 0 Å². The van der Waals surface area contributed by atoms with E-state index < -0.39 is 0 Å². The van der Waals surface area contributed by atoms with Crippen molar-refractivity contribution in [3.8, 4) is 5.75 Å². The second-order valence-electron chi connectivity index (χ2n) is 6.56. The predicted molar refractivity (Wildman–Crippen MR) is 111 cm³/mol. The first-order valence-corrected chi connectivity index (χ1v) is 9.00. The van der Waals surface area contributed by atoms with Crippen LogP contribution < -0.4 is 15.4 Å². The standard InChI is InChI=1S/C21H23N3O2.ClH/c1-26-16-6-4-5-15(13-16)23-21(25)14-24-19-8-3-2-7-17(19)18-9-11-22-12-10-20(18)24;/h2-8,13,22H,9-12,14H2,1H3,(H,23,25);1H. The molecule has 2 N–H and O–H groups in total. The van der Waals surface area contributed by atoms with E-state index >= 15 is 0 Å². The predicted octanol–water partition coefficient (Wildman–Crippen LogP) is 3.40. The molecule has 0 atom stereocenters. The topological polar surface area (TPSA) is 55.3 Å². The number of para-hydroxylation sites is 1. The summed E-state index contributed by atoms with van der Waals surface area (Å²) in [4.78, 5) is 12.7. The summed E-state index contributed by atoms with van der Waals surface area (Å²) >= 11 is 0. The maximum Gasteiger partial charge on any atom is 0.244 e. The van der Waals surface area contributed by atoms with Crippen molar-refractivity contribution in [2.75, 3.05) is 25.5 Å². The number of ether oxygens (including phenoxy) is 1. The minimum absolute atomic E-state index is 0. The summed E-state index contributed by atoms with van der Waals surface area (Å²) in [5.41, 5.74) is 4.54. The molecule has 2 heterocycles. The lowest BCUT2D eigenvalue weighted by molar-refractivity contribution is -0.116. The molecule has 0 saturated heterocycles. The van der Waals surface area contributed by atoms with Crippen LogP contribution in [0.1, 0.15) is 11.3 Å². The van der Waals surface area contributed by atoms with Crippen LogP contribution in [0.15, 0.2) is 48.5 Å². The zero-order valence-electron chi connectivity index (χ0n) is 15.3. The van der Waals surface area contributed by atoms with Gasteiger partial charge in [-0.15, -0.1) is 12.4 Å². The van der Waals surface area contributed by atoms with Crippen LogP contribution in [0.4, 0.5) is 5.69 Å². The Balaban J connectivity index is 0.00000210. The molecule has 1 aliphatic rings. The number of rotatable bonds is 4. The molecule has 27 heavy (non-hydrogen) atoms. The van der Waals surface area contributed by atoms with Gasteiger partial charge in [0.2, 0.25) is 5.91 Å². The van der Waals surface area contributed by atoms with Gasteiger partial charge in [-0.1, -0.05) is 24.3 Å². The van der Waals surface area contributed by atoms with E-state index in [-0.39, 0.29) is 18.3 Å². The molecule has 0 bridgehead atoms. The molecule has 0 radical (unpaired) electrons. The highest BCUT2D eigenvalue weighted by Crippen LogP contribution is 2.28. The minimum Gasteiger partial charge on any atom is -0.497 e. The van der Waals surface area contributed by atoms with Crippen molar-refractivity contribution < 1.29 is 9.53 Å². The first-order valence-electron chi connectivity index (χ1n) is 9.00. The minimum atomic E-state index is -0.0287. The molecule has 1 aromatic heterocycles. The number of carbonyl (C=O) groups excluding carboxylic acids is 1. The highest BCUT2D eigenvalue weighted by atomic mass is 35.5. The zero-order chi connectivity index (χ0) is 17.9. The van der Waals surface area contributed by atoms with Gasteiger partial charge in [0.05, 0.1) is 7.11 Å². The molecular formula is C21H24ClN3O2. The van der Waals surface area contributed by atoms with E-state index in [9.17, 15) is 4.79 Å². The van der Waals surface area contributed by atoms with E-state index in [0.29, 0.717) is 6.54 Å². The van der Waals surface area contributed by atoms with Crippen LogP contribution in [0.25, 0.3) is 10.9 Å². The quantitative estimate of drug-likeness (QED) is 0.723. The van der Waals surface area contributed by atoms with E-state index in [4.69, 9.17) is 4.74 Å². The summed E-state index contributed by atoms with van der Waals surface area (Å²) in [7, 11) is 1.62. The number of amides is 1. The Kier molecular flexibility index (Phi) is 6.04. The summed E-state index contributed by atoms with van der Waals surface area (Å²) in [5, 5.41) is 7.70. The summed E-state index contributed by atoms with van der Waals surface area (Å²) in [6.45, 7) is 2.24. The van der Waals surface area contributed by atoms with Gasteiger partial charge in [-0.25, -0.2) is 0 Å². The Hall–Kier alpha value is -2.50. The van der Waals surface area contributed by atoms with Gasteiger partial charge in [0.15, 0.2) is 0 Å². The molecule has 1 aliphatic heterocycles. The maximum atomic E-state index is 12.7. The van der Waals surface area contributed by atoms with Gasteiger partial charge in [0.1, 0.15) is 12.3 Å². The first kappa shape index (κ1) is 19.3. The van der Waals surface area contributed by atoms with E-state index in [2.05, 4.69) is 33.4 Å². The summed E-state index contributed by atoms with van der Waals surface area (Å²) < 4.78 is 7.40. The number of hydrogen-bond acceptors (Lipinski definition) is 3. The summed E-state index contributed by atoms with van der Waals surface area (Å²) in [5.74, 6) is 0.702. The normalized spacial score (nSPS) is 13.4. The molecule has 2 aromatic carbocycles. The third-order valence-corrected chi connectivity index (χ3v) is 4.94. The molecule has 0 unspecified atom stereocenters. The van der Waals surface area contributed by atoms with Gasteiger partial charge in [0.25, 0.3) is 0 Å². The number of nitrogens with one attached hydrogen (secondary N) is 2. The van der Waals surface area contributed by atoms with Gasteiger partial charge >= 0.3 is 0 Å². The highest BCUT2D eigenvalue weighted by molar-refractivity contribution is 5.93. The second-order valence-corrected chi connectivity index (χ2v) is 6.56. The van der Waals surface area contributed by atoms with E-state index in [1.165, 1.54) is 16.6 Å². The van der Waals surface area contributed by atoms with E-state index in [0.717, 1.165) is 42.9 Å².